The summed E-state index contributed by atoms with van der Waals surface area (Å²) in [7, 11) is 0. The van der Waals surface area contributed by atoms with E-state index in [-0.39, 0.29) is 11.9 Å². The first-order chi connectivity index (χ1) is 13.0. The Morgan fingerprint density at radius 3 is 2.74 bits per heavy atom. The number of aryl methyl sites for hydroxylation is 2. The van der Waals surface area contributed by atoms with Crippen LogP contribution in [0.4, 0.5) is 4.79 Å². The van der Waals surface area contributed by atoms with Crippen molar-refractivity contribution in [2.24, 2.45) is 5.92 Å². The van der Waals surface area contributed by atoms with Crippen molar-refractivity contribution in [3.8, 4) is 17.7 Å². The smallest absolute Gasteiger partial charge is 0.317 e. The van der Waals surface area contributed by atoms with Crippen LogP contribution in [0, 0.1) is 31.1 Å². The number of ether oxygens (including phenoxy) is 1. The van der Waals surface area contributed by atoms with E-state index >= 15 is 0 Å². The number of piperidine rings is 1. The predicted molar refractivity (Wildman–Crippen MR) is 102 cm³/mol. The van der Waals surface area contributed by atoms with E-state index in [0.29, 0.717) is 25.5 Å². The molecule has 0 saturated carbocycles. The molecule has 0 aliphatic carbocycles. The van der Waals surface area contributed by atoms with Crippen LogP contribution in [0.25, 0.3) is 0 Å². The van der Waals surface area contributed by atoms with Crippen molar-refractivity contribution in [3.05, 3.63) is 53.2 Å². The highest BCUT2D eigenvalue weighted by Crippen LogP contribution is 2.24. The number of aromatic nitrogens is 1. The molecule has 27 heavy (non-hydrogen) atoms. The molecule has 3 rings (SSSR count). The van der Waals surface area contributed by atoms with E-state index in [9.17, 15) is 4.79 Å². The van der Waals surface area contributed by atoms with E-state index in [0.717, 1.165) is 35.3 Å². The second kappa shape index (κ2) is 8.54. The van der Waals surface area contributed by atoms with Gasteiger partial charge < -0.3 is 15.0 Å². The van der Waals surface area contributed by atoms with Gasteiger partial charge in [0.25, 0.3) is 0 Å². The second-order valence-electron chi connectivity index (χ2n) is 6.92. The van der Waals surface area contributed by atoms with Gasteiger partial charge in [-0.15, -0.1) is 0 Å². The number of nitrogens with one attached hydrogen (secondary N) is 1. The van der Waals surface area contributed by atoms with Gasteiger partial charge in [-0.2, -0.15) is 5.26 Å². The molecule has 6 nitrogen and oxygen atoms in total. The van der Waals surface area contributed by atoms with Gasteiger partial charge in [0.2, 0.25) is 5.88 Å². The molecule has 0 radical (unpaired) electrons. The van der Waals surface area contributed by atoms with Gasteiger partial charge in [0.1, 0.15) is 5.75 Å². The lowest BCUT2D eigenvalue weighted by Gasteiger charge is -2.29. The monoisotopic (exact) mass is 364 g/mol. The minimum absolute atomic E-state index is 0.0721. The largest absolute Gasteiger partial charge is 0.439 e. The average Bonchev–Trinajstić information content (AvgIpc) is 2.70. The quantitative estimate of drug-likeness (QED) is 0.891. The van der Waals surface area contributed by atoms with Crippen molar-refractivity contribution in [1.82, 2.24) is 15.2 Å². The SMILES string of the molecule is Cc1ccc(C)c(Oc2ccc(CNC(=O)N3CCC(C#N)CC3)cn2)c1. The Balaban J connectivity index is 1.51. The number of amides is 2. The molecule has 1 saturated heterocycles. The highest BCUT2D eigenvalue weighted by Gasteiger charge is 2.22. The molecule has 0 spiro atoms. The van der Waals surface area contributed by atoms with Gasteiger partial charge in [-0.25, -0.2) is 9.78 Å². The Hall–Kier alpha value is -3.07. The second-order valence-corrected chi connectivity index (χ2v) is 6.92. The predicted octanol–water partition coefficient (Wildman–Crippen LogP) is 3.94. The molecular weight excluding hydrogens is 340 g/mol. The number of nitrogens with zero attached hydrogens (tertiary/aromatic N) is 3. The van der Waals surface area contributed by atoms with Crippen LogP contribution in [0.3, 0.4) is 0 Å². The molecule has 2 amide bonds. The summed E-state index contributed by atoms with van der Waals surface area (Å²) in [6.45, 7) is 5.69. The van der Waals surface area contributed by atoms with Crippen molar-refractivity contribution in [2.45, 2.75) is 33.2 Å². The number of rotatable bonds is 4. The number of likely N-dealkylation sites (tertiary alicyclic amines) is 1. The molecule has 1 aliphatic rings. The molecule has 1 aromatic heterocycles. The summed E-state index contributed by atoms with van der Waals surface area (Å²) in [4.78, 5) is 18.3. The lowest BCUT2D eigenvalue weighted by Crippen LogP contribution is -2.44. The Labute approximate surface area is 159 Å². The van der Waals surface area contributed by atoms with Crippen LogP contribution in [0.1, 0.15) is 29.5 Å². The minimum atomic E-state index is -0.0953. The maximum Gasteiger partial charge on any atom is 0.317 e. The Bertz CT molecular complexity index is 834. The van der Waals surface area contributed by atoms with Crippen molar-refractivity contribution in [3.63, 3.8) is 0 Å². The van der Waals surface area contributed by atoms with Crippen LogP contribution in [0.5, 0.6) is 11.6 Å². The molecule has 0 bridgehead atoms. The third kappa shape index (κ3) is 4.98. The van der Waals surface area contributed by atoms with Gasteiger partial charge in [-0.1, -0.05) is 18.2 Å². The van der Waals surface area contributed by atoms with Crippen molar-refractivity contribution in [2.75, 3.05) is 13.1 Å². The average molecular weight is 364 g/mol. The Morgan fingerprint density at radius 1 is 1.30 bits per heavy atom. The number of pyridine rings is 1. The summed E-state index contributed by atoms with van der Waals surface area (Å²) < 4.78 is 5.85. The highest BCUT2D eigenvalue weighted by molar-refractivity contribution is 5.74. The molecule has 6 heteroatoms. The lowest BCUT2D eigenvalue weighted by molar-refractivity contribution is 0.178. The van der Waals surface area contributed by atoms with Crippen LogP contribution in [0.15, 0.2) is 36.5 Å². The van der Waals surface area contributed by atoms with Crippen LogP contribution < -0.4 is 10.1 Å². The number of hydrogen-bond donors (Lipinski definition) is 1. The van der Waals surface area contributed by atoms with Gasteiger partial charge in [0.15, 0.2) is 0 Å². The van der Waals surface area contributed by atoms with Gasteiger partial charge in [-0.3, -0.25) is 0 Å². The summed E-state index contributed by atoms with van der Waals surface area (Å²) in [6.07, 6.45) is 3.20. The maximum atomic E-state index is 12.2. The molecule has 2 heterocycles. The Morgan fingerprint density at radius 2 is 2.07 bits per heavy atom. The number of carbonyl (C=O) groups is 1. The first-order valence-corrected chi connectivity index (χ1v) is 9.17. The van der Waals surface area contributed by atoms with Gasteiger partial charge in [-0.05, 0) is 49.4 Å². The highest BCUT2D eigenvalue weighted by atomic mass is 16.5. The number of carbonyl (C=O) groups excluding carboxylic acids is 1. The summed E-state index contributed by atoms with van der Waals surface area (Å²) in [6, 6.07) is 11.9. The van der Waals surface area contributed by atoms with Crippen molar-refractivity contribution < 1.29 is 9.53 Å². The molecule has 0 unspecified atom stereocenters. The van der Waals surface area contributed by atoms with Gasteiger partial charge >= 0.3 is 6.03 Å². The normalized spacial score (nSPS) is 14.5. The molecule has 140 valence electrons. The fourth-order valence-electron chi connectivity index (χ4n) is 3.01. The molecule has 1 aromatic carbocycles. The van der Waals surface area contributed by atoms with E-state index in [1.165, 1.54) is 0 Å². The number of urea groups is 1. The van der Waals surface area contributed by atoms with E-state index in [1.54, 1.807) is 11.1 Å². The van der Waals surface area contributed by atoms with Crippen molar-refractivity contribution in [1.29, 1.82) is 5.26 Å². The van der Waals surface area contributed by atoms with Gasteiger partial charge in [0, 0.05) is 37.8 Å². The summed E-state index contributed by atoms with van der Waals surface area (Å²) in [5.41, 5.74) is 3.09. The molecule has 1 aliphatic heterocycles. The molecule has 1 N–H and O–H groups in total. The summed E-state index contributed by atoms with van der Waals surface area (Å²) >= 11 is 0. The first kappa shape index (κ1) is 18.7. The van der Waals surface area contributed by atoms with E-state index in [1.807, 2.05) is 44.2 Å². The number of benzene rings is 1. The number of hydrogen-bond acceptors (Lipinski definition) is 4. The molecule has 1 fully saturated rings. The Kier molecular flexibility index (Phi) is 5.92. The topological polar surface area (TPSA) is 78.2 Å². The standard InChI is InChI=1S/C21H24N4O2/c1-15-3-4-16(2)19(11-15)27-20-6-5-18(13-23-20)14-24-21(26)25-9-7-17(12-22)8-10-25/h3-6,11,13,17H,7-10,14H2,1-2H3,(H,24,26). The zero-order chi connectivity index (χ0) is 19.2. The molecule has 2 aromatic rings. The van der Waals surface area contributed by atoms with Crippen LogP contribution in [-0.2, 0) is 6.54 Å². The maximum absolute atomic E-state index is 12.2. The summed E-state index contributed by atoms with van der Waals surface area (Å²) in [5.74, 6) is 1.39. The van der Waals surface area contributed by atoms with E-state index in [4.69, 9.17) is 10.00 Å². The zero-order valence-corrected chi connectivity index (χ0v) is 15.7. The van der Waals surface area contributed by atoms with Crippen LogP contribution in [0.2, 0.25) is 0 Å². The lowest BCUT2D eigenvalue weighted by atomic mass is 9.99. The first-order valence-electron chi connectivity index (χ1n) is 9.17. The van der Waals surface area contributed by atoms with E-state index < -0.39 is 0 Å². The van der Waals surface area contributed by atoms with Gasteiger partial charge in [0.05, 0.1) is 6.07 Å². The van der Waals surface area contributed by atoms with Crippen LogP contribution >= 0.6 is 0 Å². The number of nitriles is 1. The molecular formula is C21H24N4O2. The minimum Gasteiger partial charge on any atom is -0.439 e. The van der Waals surface area contributed by atoms with E-state index in [2.05, 4.69) is 16.4 Å². The molecule has 0 atom stereocenters. The fraction of sp³-hybridized carbons (Fsp3) is 0.381. The summed E-state index contributed by atoms with van der Waals surface area (Å²) in [5, 5.41) is 11.8. The third-order valence-corrected chi connectivity index (χ3v) is 4.76. The fourth-order valence-corrected chi connectivity index (χ4v) is 3.01. The zero-order valence-electron chi connectivity index (χ0n) is 15.7. The van der Waals surface area contributed by atoms with Crippen molar-refractivity contribution >= 4 is 6.03 Å². The van der Waals surface area contributed by atoms with Crippen LogP contribution in [-0.4, -0.2) is 29.0 Å². The third-order valence-electron chi connectivity index (χ3n) is 4.76.